The van der Waals surface area contributed by atoms with Crippen LogP contribution in [-0.2, 0) is 16.1 Å². The Kier molecular flexibility index (Phi) is 4.99. The van der Waals surface area contributed by atoms with Gasteiger partial charge in [0.25, 0.3) is 0 Å². The second-order valence-electron chi connectivity index (χ2n) is 5.97. The lowest BCUT2D eigenvalue weighted by Crippen LogP contribution is -2.24. The fraction of sp³-hybridized carbons (Fsp3) is 0.316. The van der Waals surface area contributed by atoms with Crippen LogP contribution in [0.1, 0.15) is 17.0 Å². The normalized spacial score (nSPS) is 21.3. The van der Waals surface area contributed by atoms with Gasteiger partial charge in [0.15, 0.2) is 0 Å². The van der Waals surface area contributed by atoms with E-state index in [1.807, 2.05) is 42.5 Å². The maximum Gasteiger partial charge on any atom is 0.310 e. The Bertz CT molecular complexity index is 657. The highest BCUT2D eigenvalue weighted by Crippen LogP contribution is 2.34. The van der Waals surface area contributed by atoms with E-state index in [9.17, 15) is 4.79 Å². The van der Waals surface area contributed by atoms with E-state index in [0.717, 1.165) is 25.2 Å². The van der Waals surface area contributed by atoms with Gasteiger partial charge in [-0.1, -0.05) is 54.1 Å². The molecule has 2 unspecified atom stereocenters. The number of benzene rings is 2. The van der Waals surface area contributed by atoms with Gasteiger partial charge in [0.2, 0.25) is 0 Å². The average molecular weight is 330 g/mol. The van der Waals surface area contributed by atoms with E-state index in [0.29, 0.717) is 5.02 Å². The summed E-state index contributed by atoms with van der Waals surface area (Å²) in [7, 11) is 1.46. The van der Waals surface area contributed by atoms with Crippen molar-refractivity contribution in [3.8, 4) is 0 Å². The van der Waals surface area contributed by atoms with Crippen LogP contribution >= 0.6 is 11.6 Å². The summed E-state index contributed by atoms with van der Waals surface area (Å²) < 4.78 is 5.02. The average Bonchev–Trinajstić information content (AvgIpc) is 2.99. The number of nitrogens with zero attached hydrogens (tertiary/aromatic N) is 1. The van der Waals surface area contributed by atoms with Gasteiger partial charge < -0.3 is 4.74 Å². The van der Waals surface area contributed by atoms with Gasteiger partial charge in [-0.25, -0.2) is 0 Å². The van der Waals surface area contributed by atoms with Crippen molar-refractivity contribution in [2.75, 3.05) is 20.2 Å². The molecule has 0 saturated carbocycles. The Balaban J connectivity index is 1.79. The Morgan fingerprint density at radius 1 is 1.13 bits per heavy atom. The highest BCUT2D eigenvalue weighted by Gasteiger charge is 2.39. The lowest BCUT2D eigenvalue weighted by molar-refractivity contribution is -0.145. The van der Waals surface area contributed by atoms with Crippen molar-refractivity contribution in [3.63, 3.8) is 0 Å². The quantitative estimate of drug-likeness (QED) is 0.800. The number of hydrogen-bond acceptors (Lipinski definition) is 3. The Morgan fingerprint density at radius 3 is 2.48 bits per heavy atom. The van der Waals surface area contributed by atoms with Crippen molar-refractivity contribution in [2.45, 2.75) is 12.5 Å². The standard InChI is InChI=1S/C19H20ClNO2/c1-23-19(22)18-13-21(11-14-5-3-2-4-6-14)12-17(18)15-7-9-16(20)10-8-15/h2-10,17-18H,11-13H2,1H3. The summed E-state index contributed by atoms with van der Waals surface area (Å²) in [6.07, 6.45) is 0. The molecule has 0 aromatic heterocycles. The smallest absolute Gasteiger partial charge is 0.310 e. The first-order chi connectivity index (χ1) is 11.2. The maximum absolute atomic E-state index is 12.2. The van der Waals surface area contributed by atoms with Gasteiger partial charge in [0, 0.05) is 30.6 Å². The molecule has 2 aromatic rings. The molecule has 1 aliphatic heterocycles. The summed E-state index contributed by atoms with van der Waals surface area (Å²) in [5.41, 5.74) is 2.40. The number of ether oxygens (including phenoxy) is 1. The number of rotatable bonds is 4. The Hall–Kier alpha value is -1.84. The van der Waals surface area contributed by atoms with Gasteiger partial charge in [0.05, 0.1) is 13.0 Å². The number of esters is 1. The van der Waals surface area contributed by atoms with E-state index in [-0.39, 0.29) is 17.8 Å². The Morgan fingerprint density at radius 2 is 1.83 bits per heavy atom. The third-order valence-electron chi connectivity index (χ3n) is 4.45. The van der Waals surface area contributed by atoms with Gasteiger partial charge in [-0.3, -0.25) is 9.69 Å². The van der Waals surface area contributed by atoms with Crippen molar-refractivity contribution < 1.29 is 9.53 Å². The molecule has 1 saturated heterocycles. The van der Waals surface area contributed by atoms with Crippen molar-refractivity contribution in [1.29, 1.82) is 0 Å². The van der Waals surface area contributed by atoms with E-state index in [4.69, 9.17) is 16.3 Å². The fourth-order valence-electron chi connectivity index (χ4n) is 3.29. The van der Waals surface area contributed by atoms with E-state index >= 15 is 0 Å². The molecule has 3 nitrogen and oxygen atoms in total. The third kappa shape index (κ3) is 3.74. The van der Waals surface area contributed by atoms with Crippen molar-refractivity contribution in [3.05, 3.63) is 70.7 Å². The minimum absolute atomic E-state index is 0.134. The van der Waals surface area contributed by atoms with Crippen molar-refractivity contribution >= 4 is 17.6 Å². The molecule has 23 heavy (non-hydrogen) atoms. The molecule has 0 bridgehead atoms. The summed E-state index contributed by atoms with van der Waals surface area (Å²) >= 11 is 5.98. The topological polar surface area (TPSA) is 29.5 Å². The molecule has 3 rings (SSSR count). The van der Waals surface area contributed by atoms with Crippen LogP contribution in [0.2, 0.25) is 5.02 Å². The van der Waals surface area contributed by atoms with Crippen molar-refractivity contribution in [1.82, 2.24) is 4.90 Å². The molecule has 2 aromatic carbocycles. The van der Waals surface area contributed by atoms with Gasteiger partial charge >= 0.3 is 5.97 Å². The molecule has 2 atom stereocenters. The van der Waals surface area contributed by atoms with Crippen LogP contribution in [0.3, 0.4) is 0 Å². The molecule has 0 aliphatic carbocycles. The fourth-order valence-corrected chi connectivity index (χ4v) is 3.42. The SMILES string of the molecule is COC(=O)C1CN(Cc2ccccc2)CC1c1ccc(Cl)cc1. The number of halogens is 1. The number of methoxy groups -OCH3 is 1. The molecule has 120 valence electrons. The van der Waals surface area contributed by atoms with Crippen LogP contribution < -0.4 is 0 Å². The summed E-state index contributed by atoms with van der Waals surface area (Å²) in [6.45, 7) is 2.41. The predicted molar refractivity (Wildman–Crippen MR) is 91.4 cm³/mol. The number of hydrogen-bond donors (Lipinski definition) is 0. The minimum Gasteiger partial charge on any atom is -0.469 e. The summed E-state index contributed by atoms with van der Waals surface area (Å²) in [5, 5.41) is 0.711. The van der Waals surface area contributed by atoms with Gasteiger partial charge in [-0.15, -0.1) is 0 Å². The molecule has 1 aliphatic rings. The van der Waals surface area contributed by atoms with Crippen molar-refractivity contribution in [2.24, 2.45) is 5.92 Å². The summed E-state index contributed by atoms with van der Waals surface area (Å²) in [5.74, 6) is -0.131. The van der Waals surface area contributed by atoms with Crippen LogP contribution in [0.5, 0.6) is 0 Å². The first kappa shape index (κ1) is 16.0. The highest BCUT2D eigenvalue weighted by molar-refractivity contribution is 6.30. The molecule has 1 heterocycles. The second-order valence-corrected chi connectivity index (χ2v) is 6.40. The van der Waals surface area contributed by atoms with Crippen LogP contribution in [-0.4, -0.2) is 31.1 Å². The predicted octanol–water partition coefficient (Wildman–Crippen LogP) is 3.73. The van der Waals surface area contributed by atoms with Gasteiger partial charge in [-0.2, -0.15) is 0 Å². The van der Waals surface area contributed by atoms with E-state index < -0.39 is 0 Å². The first-order valence-corrected chi connectivity index (χ1v) is 8.14. The number of carbonyl (C=O) groups is 1. The zero-order valence-corrected chi connectivity index (χ0v) is 13.9. The highest BCUT2D eigenvalue weighted by atomic mass is 35.5. The van der Waals surface area contributed by atoms with Gasteiger partial charge in [0.1, 0.15) is 0 Å². The van der Waals surface area contributed by atoms with Crippen LogP contribution in [0.25, 0.3) is 0 Å². The minimum atomic E-state index is -0.138. The van der Waals surface area contributed by atoms with Gasteiger partial charge in [-0.05, 0) is 23.3 Å². The zero-order valence-electron chi connectivity index (χ0n) is 13.1. The largest absolute Gasteiger partial charge is 0.469 e. The molecule has 0 N–H and O–H groups in total. The van der Waals surface area contributed by atoms with Crippen LogP contribution in [0.4, 0.5) is 0 Å². The molecule has 4 heteroatoms. The van der Waals surface area contributed by atoms with E-state index in [2.05, 4.69) is 17.0 Å². The molecule has 1 fully saturated rings. The van der Waals surface area contributed by atoms with Crippen LogP contribution in [0, 0.1) is 5.92 Å². The lowest BCUT2D eigenvalue weighted by Gasteiger charge is -2.17. The molecule has 0 amide bonds. The molecule has 0 radical (unpaired) electrons. The summed E-state index contributed by atoms with van der Waals surface area (Å²) in [4.78, 5) is 14.5. The Labute approximate surface area is 141 Å². The number of likely N-dealkylation sites (tertiary alicyclic amines) is 1. The first-order valence-electron chi connectivity index (χ1n) is 7.77. The van der Waals surface area contributed by atoms with E-state index in [1.54, 1.807) is 0 Å². The second kappa shape index (κ2) is 7.16. The summed E-state index contributed by atoms with van der Waals surface area (Å²) in [6, 6.07) is 18.1. The zero-order chi connectivity index (χ0) is 16.2. The van der Waals surface area contributed by atoms with E-state index in [1.165, 1.54) is 12.7 Å². The third-order valence-corrected chi connectivity index (χ3v) is 4.70. The molecular formula is C19H20ClNO2. The lowest BCUT2D eigenvalue weighted by atomic mass is 9.89. The maximum atomic E-state index is 12.2. The molecule has 0 spiro atoms. The van der Waals surface area contributed by atoms with Crippen LogP contribution in [0.15, 0.2) is 54.6 Å². The monoisotopic (exact) mass is 329 g/mol. The molecular weight excluding hydrogens is 310 g/mol. The number of carbonyl (C=O) groups excluding carboxylic acids is 1.